The van der Waals surface area contributed by atoms with Crippen LogP contribution in [0.5, 0.6) is 34.5 Å². The van der Waals surface area contributed by atoms with Crippen LogP contribution in [0.1, 0.15) is 11.1 Å². The molecule has 0 spiro atoms. The van der Waals surface area contributed by atoms with Crippen molar-refractivity contribution in [3.8, 4) is 34.5 Å². The molecule has 0 heterocycles. The molecule has 0 atom stereocenters. The summed E-state index contributed by atoms with van der Waals surface area (Å²) in [5.74, 6) is 0.705. The third kappa shape index (κ3) is 12.9. The Morgan fingerprint density at radius 2 is 0.833 bits per heavy atom. The summed E-state index contributed by atoms with van der Waals surface area (Å²) in [5.41, 5.74) is 4.51. The molecule has 0 fully saturated rings. The van der Waals surface area contributed by atoms with Crippen molar-refractivity contribution in [3.05, 3.63) is 154 Å². The van der Waals surface area contributed by atoms with Crippen molar-refractivity contribution in [2.75, 3.05) is 53.2 Å². The number of carbonyl (C=O) groups excluding carboxylic acids is 3. The van der Waals surface area contributed by atoms with Gasteiger partial charge in [0.1, 0.15) is 0 Å². The van der Waals surface area contributed by atoms with Crippen LogP contribution in [0.3, 0.4) is 0 Å². The van der Waals surface area contributed by atoms with Gasteiger partial charge in [0, 0.05) is 23.2 Å². The van der Waals surface area contributed by atoms with Crippen LogP contribution in [-0.2, 0) is 0 Å². The molecule has 7 aromatic rings. The maximum absolute atomic E-state index is 12.1. The van der Waals surface area contributed by atoms with Crippen molar-refractivity contribution in [1.82, 2.24) is 0 Å². The summed E-state index contributed by atoms with van der Waals surface area (Å²) in [5, 5.41) is 47.7. The number of nitrogens with one attached hydrogen (secondary N) is 6. The summed E-state index contributed by atoms with van der Waals surface area (Å²) in [6, 6.07) is 35.1. The fourth-order valence-electron chi connectivity index (χ4n) is 6.18. The highest BCUT2D eigenvalue weighted by atomic mass is 35.5. The number of urea groups is 3. The van der Waals surface area contributed by atoms with Gasteiger partial charge in [-0.2, -0.15) is 0 Å². The average Bonchev–Trinajstić information content (AvgIpc) is 3.30. The lowest BCUT2D eigenvalue weighted by atomic mass is 10.1. The Hall–Kier alpha value is -7.72. The topological polar surface area (TPSA) is 212 Å². The van der Waals surface area contributed by atoms with Crippen molar-refractivity contribution in [3.63, 3.8) is 0 Å². The van der Waals surface area contributed by atoms with E-state index in [-0.39, 0.29) is 49.4 Å². The van der Waals surface area contributed by atoms with E-state index in [1.807, 2.05) is 74.5 Å². The number of aromatic hydroxyl groups is 3. The number of fused-ring (bicyclic) bond motifs is 1. The summed E-state index contributed by atoms with van der Waals surface area (Å²) in [7, 11) is 4.44. The Labute approximate surface area is 395 Å². The van der Waals surface area contributed by atoms with Crippen LogP contribution in [0, 0.1) is 13.8 Å². The van der Waals surface area contributed by atoms with Gasteiger partial charge < -0.3 is 61.4 Å². The lowest BCUT2D eigenvalue weighted by Crippen LogP contribution is -2.20. The first-order valence-electron chi connectivity index (χ1n) is 19.6. The third-order valence-electron chi connectivity index (χ3n) is 9.39. The Balaban J connectivity index is 0.000000186. The predicted molar refractivity (Wildman–Crippen MR) is 263 cm³/mol. The van der Waals surface area contributed by atoms with Crippen LogP contribution in [-0.4, -0.2) is 54.7 Å². The number of phenols is 3. The maximum atomic E-state index is 12.1. The highest BCUT2D eigenvalue weighted by Gasteiger charge is 2.16. The molecule has 0 aliphatic carbocycles. The minimum atomic E-state index is -0.568. The van der Waals surface area contributed by atoms with E-state index >= 15 is 0 Å². The molecule has 342 valence electrons. The molecule has 0 aliphatic heterocycles. The van der Waals surface area contributed by atoms with Crippen molar-refractivity contribution >= 4 is 97.8 Å². The number of hydrogen-bond donors (Lipinski definition) is 9. The number of methoxy groups -OCH3 is 3. The number of phenolic OH excluding ortho intramolecular Hbond substituents is 3. The average molecular weight is 956 g/mol. The molecular weight excluding hydrogens is 911 g/mol. The summed E-state index contributed by atoms with van der Waals surface area (Å²) >= 11 is 17.4. The van der Waals surface area contributed by atoms with Gasteiger partial charge in [0.25, 0.3) is 0 Å². The van der Waals surface area contributed by atoms with Gasteiger partial charge >= 0.3 is 18.1 Å². The molecule has 0 saturated carbocycles. The monoisotopic (exact) mass is 954 g/mol. The minimum absolute atomic E-state index is 0.139. The zero-order valence-electron chi connectivity index (χ0n) is 36.0. The van der Waals surface area contributed by atoms with Crippen molar-refractivity contribution in [2.24, 2.45) is 0 Å². The molecule has 0 aromatic heterocycles. The lowest BCUT2D eigenvalue weighted by Gasteiger charge is -2.15. The second-order valence-electron chi connectivity index (χ2n) is 13.9. The van der Waals surface area contributed by atoms with E-state index in [2.05, 4.69) is 31.9 Å². The van der Waals surface area contributed by atoms with Gasteiger partial charge in [-0.15, -0.1) is 0 Å². The van der Waals surface area contributed by atoms with Crippen LogP contribution < -0.4 is 46.1 Å². The molecule has 15 nitrogen and oxygen atoms in total. The zero-order chi connectivity index (χ0) is 47.9. The Kier molecular flexibility index (Phi) is 17.4. The Morgan fingerprint density at radius 1 is 0.455 bits per heavy atom. The van der Waals surface area contributed by atoms with Crippen LogP contribution in [0.25, 0.3) is 10.8 Å². The van der Waals surface area contributed by atoms with Crippen LogP contribution >= 0.6 is 34.8 Å². The van der Waals surface area contributed by atoms with Gasteiger partial charge in [-0.1, -0.05) is 108 Å². The van der Waals surface area contributed by atoms with Gasteiger partial charge in [-0.25, -0.2) is 14.4 Å². The summed E-state index contributed by atoms with van der Waals surface area (Å²) in [6.07, 6.45) is 0. The number of rotatable bonds is 9. The first-order chi connectivity index (χ1) is 31.6. The third-order valence-corrected chi connectivity index (χ3v) is 10.3. The standard InChI is InChI=1S/C17H13ClN2O2.C16H17ClN2O5.C15H15ClN2O2/c18-13-8-4-10-15(16(13)21)20-17(22)19-14-9-3-6-11-5-1-2-7-12(11)14;1-22-12-7-9(8-13(23-2)15(12)24-3)18-16(21)19-11-6-4-5-10(17)14(11)20;1-9-5-3-6-10(2)13(9)18-15(20)17-12-8-4-7-11(16)14(12)19/h1-10,21H,(H2,19,20,22);4-8,20H,1-3H3,(H2,18,19,21);3-8,19H,1-2H3,(H2,17,18,20). The second kappa shape index (κ2) is 23.3. The van der Waals surface area contributed by atoms with Crippen LogP contribution in [0.15, 0.2) is 127 Å². The number of carbonyl (C=O) groups is 3. The van der Waals surface area contributed by atoms with E-state index in [1.54, 1.807) is 54.6 Å². The van der Waals surface area contributed by atoms with Gasteiger partial charge in [0.05, 0.1) is 64.8 Å². The normalized spacial score (nSPS) is 10.2. The number of benzene rings is 7. The summed E-state index contributed by atoms with van der Waals surface area (Å²) in [4.78, 5) is 36.2. The largest absolute Gasteiger partial charge is 0.504 e. The van der Waals surface area contributed by atoms with E-state index < -0.39 is 18.1 Å². The molecule has 7 aromatic carbocycles. The highest BCUT2D eigenvalue weighted by Crippen LogP contribution is 2.40. The Morgan fingerprint density at radius 3 is 1.30 bits per heavy atom. The maximum Gasteiger partial charge on any atom is 0.323 e. The van der Waals surface area contributed by atoms with Gasteiger partial charge in [-0.3, -0.25) is 0 Å². The Bertz CT molecular complexity index is 2810. The molecular formula is C48H45Cl3N6O9. The van der Waals surface area contributed by atoms with Gasteiger partial charge in [0.2, 0.25) is 5.75 Å². The van der Waals surface area contributed by atoms with E-state index in [1.165, 1.54) is 33.5 Å². The minimum Gasteiger partial charge on any atom is -0.504 e. The molecule has 0 radical (unpaired) electrons. The quantitative estimate of drug-likeness (QED) is 0.0629. The van der Waals surface area contributed by atoms with Crippen LogP contribution in [0.2, 0.25) is 15.1 Å². The van der Waals surface area contributed by atoms with E-state index in [0.717, 1.165) is 27.6 Å². The van der Waals surface area contributed by atoms with Gasteiger partial charge in [0.15, 0.2) is 28.7 Å². The predicted octanol–water partition coefficient (Wildman–Crippen LogP) is 12.9. The van der Waals surface area contributed by atoms with Crippen molar-refractivity contribution in [2.45, 2.75) is 13.8 Å². The number of anilines is 6. The summed E-state index contributed by atoms with van der Waals surface area (Å²) in [6.45, 7) is 3.83. The SMILES string of the molecule is COc1cc(NC(=O)Nc2cccc(Cl)c2O)cc(OC)c1OC.Cc1cccc(C)c1NC(=O)Nc1cccc(Cl)c1O.O=C(Nc1cccc(Cl)c1O)Nc1cccc2ccccc12. The van der Waals surface area contributed by atoms with Crippen LogP contribution in [0.4, 0.5) is 48.5 Å². The number of ether oxygens (including phenoxy) is 3. The molecule has 66 heavy (non-hydrogen) atoms. The zero-order valence-corrected chi connectivity index (χ0v) is 38.3. The van der Waals surface area contributed by atoms with E-state index in [9.17, 15) is 29.7 Å². The number of para-hydroxylation sites is 4. The molecule has 6 amide bonds. The second-order valence-corrected chi connectivity index (χ2v) is 15.1. The molecule has 0 aliphatic rings. The molecule has 18 heteroatoms. The number of halogens is 3. The highest BCUT2D eigenvalue weighted by molar-refractivity contribution is 6.33. The lowest BCUT2D eigenvalue weighted by molar-refractivity contribution is 0.261. The number of amides is 6. The number of hydrogen-bond acceptors (Lipinski definition) is 9. The smallest absolute Gasteiger partial charge is 0.323 e. The van der Waals surface area contributed by atoms with Gasteiger partial charge in [-0.05, 0) is 72.8 Å². The molecule has 9 N–H and O–H groups in total. The fourth-order valence-corrected chi connectivity index (χ4v) is 6.70. The van der Waals surface area contributed by atoms with E-state index in [4.69, 9.17) is 49.0 Å². The molecule has 0 unspecified atom stereocenters. The first kappa shape index (κ1) is 49.3. The molecule has 0 bridgehead atoms. The van der Waals surface area contributed by atoms with Crippen molar-refractivity contribution < 1.29 is 43.9 Å². The summed E-state index contributed by atoms with van der Waals surface area (Å²) < 4.78 is 15.7. The number of aryl methyl sites for hydroxylation is 2. The first-order valence-corrected chi connectivity index (χ1v) is 20.8. The fraction of sp³-hybridized carbons (Fsp3) is 0.104. The molecule has 0 saturated heterocycles. The van der Waals surface area contributed by atoms with E-state index in [0.29, 0.717) is 28.6 Å². The molecule has 7 rings (SSSR count). The van der Waals surface area contributed by atoms with Crippen molar-refractivity contribution in [1.29, 1.82) is 0 Å².